The minimum atomic E-state index is -0.414. The highest BCUT2D eigenvalue weighted by Gasteiger charge is 2.94. The van der Waals surface area contributed by atoms with E-state index < -0.39 is 11.2 Å². The lowest BCUT2D eigenvalue weighted by Crippen LogP contribution is -2.44. The number of epoxide rings is 2. The van der Waals surface area contributed by atoms with Crippen LogP contribution in [0.1, 0.15) is 58.3 Å². The molecule has 2 heterocycles. The van der Waals surface area contributed by atoms with Crippen molar-refractivity contribution in [3.8, 4) is 0 Å². The highest BCUT2D eigenvalue weighted by atomic mass is 17.0. The predicted molar refractivity (Wildman–Crippen MR) is 71.7 cm³/mol. The number of hydrogen-bond donors (Lipinski definition) is 0. The molecule has 0 amide bonds. The van der Waals surface area contributed by atoms with Gasteiger partial charge in [0, 0.05) is 12.8 Å². The van der Waals surface area contributed by atoms with E-state index in [2.05, 4.69) is 6.92 Å². The molecule has 0 radical (unpaired) electrons. The SMILES string of the molecule is COC(=O)C1(CC2CCCCC2)CC23OC2(CC1C)O3. The highest BCUT2D eigenvalue weighted by molar-refractivity contribution is 5.78. The molecule has 2 saturated heterocycles. The van der Waals surface area contributed by atoms with Gasteiger partial charge in [-0.1, -0.05) is 39.0 Å². The molecule has 4 fully saturated rings. The second-order valence-corrected chi connectivity index (χ2v) is 7.35. The van der Waals surface area contributed by atoms with Crippen molar-refractivity contribution in [2.24, 2.45) is 17.3 Å². The number of carbonyl (C=O) groups excluding carboxylic acids is 1. The molecule has 0 aromatic rings. The molecule has 2 aliphatic carbocycles. The maximum absolute atomic E-state index is 12.6. The van der Waals surface area contributed by atoms with Gasteiger partial charge in [-0.05, 0) is 18.3 Å². The summed E-state index contributed by atoms with van der Waals surface area (Å²) in [4.78, 5) is 12.6. The summed E-state index contributed by atoms with van der Waals surface area (Å²) in [5, 5.41) is 0. The number of methoxy groups -OCH3 is 1. The first-order chi connectivity index (χ1) is 9.56. The van der Waals surface area contributed by atoms with Crippen molar-refractivity contribution in [1.82, 2.24) is 0 Å². The molecule has 4 nitrogen and oxygen atoms in total. The predicted octanol–water partition coefficient (Wildman–Crippen LogP) is 3.00. The Balaban J connectivity index is 1.58. The van der Waals surface area contributed by atoms with E-state index in [9.17, 15) is 4.79 Å². The quantitative estimate of drug-likeness (QED) is 0.589. The van der Waals surface area contributed by atoms with Crippen LogP contribution in [0.2, 0.25) is 0 Å². The van der Waals surface area contributed by atoms with Crippen molar-refractivity contribution in [2.75, 3.05) is 7.11 Å². The van der Waals surface area contributed by atoms with Crippen molar-refractivity contribution in [3.63, 3.8) is 0 Å². The van der Waals surface area contributed by atoms with E-state index in [4.69, 9.17) is 14.2 Å². The van der Waals surface area contributed by atoms with Gasteiger partial charge < -0.3 is 14.2 Å². The fourth-order valence-corrected chi connectivity index (χ4v) is 4.86. The Hall–Kier alpha value is -0.610. The average molecular weight is 280 g/mol. The van der Waals surface area contributed by atoms with Gasteiger partial charge in [0.2, 0.25) is 11.6 Å². The largest absolute Gasteiger partial charge is 0.469 e. The zero-order chi connectivity index (χ0) is 14.0. The number of hydrogen-bond acceptors (Lipinski definition) is 4. The van der Waals surface area contributed by atoms with Crippen LogP contribution in [-0.2, 0) is 19.0 Å². The Morgan fingerprint density at radius 1 is 1.20 bits per heavy atom. The first-order valence-corrected chi connectivity index (χ1v) is 8.05. The summed E-state index contributed by atoms with van der Waals surface area (Å²) in [6.45, 7) is 2.17. The molecule has 2 saturated carbocycles. The molecule has 0 N–H and O–H groups in total. The highest BCUT2D eigenvalue weighted by Crippen LogP contribution is 2.78. The van der Waals surface area contributed by atoms with E-state index in [-0.39, 0.29) is 17.7 Å². The second kappa shape index (κ2) is 3.98. The van der Waals surface area contributed by atoms with Crippen LogP contribution in [-0.4, -0.2) is 24.7 Å². The zero-order valence-electron chi connectivity index (χ0n) is 12.4. The molecule has 20 heavy (non-hydrogen) atoms. The lowest BCUT2D eigenvalue weighted by Gasteiger charge is -2.40. The first kappa shape index (κ1) is 13.1. The lowest BCUT2D eigenvalue weighted by molar-refractivity contribution is -0.161. The van der Waals surface area contributed by atoms with Crippen molar-refractivity contribution in [3.05, 3.63) is 0 Å². The summed E-state index contributed by atoms with van der Waals surface area (Å²) in [6.07, 6.45) is 8.95. The van der Waals surface area contributed by atoms with Crippen LogP contribution in [0.15, 0.2) is 0 Å². The summed E-state index contributed by atoms with van der Waals surface area (Å²) in [7, 11) is 1.51. The van der Waals surface area contributed by atoms with Crippen molar-refractivity contribution in [2.45, 2.75) is 69.9 Å². The Morgan fingerprint density at radius 3 is 2.55 bits per heavy atom. The van der Waals surface area contributed by atoms with Gasteiger partial charge in [0.1, 0.15) is 0 Å². The maximum Gasteiger partial charge on any atom is 0.312 e. The van der Waals surface area contributed by atoms with Gasteiger partial charge in [0.15, 0.2) is 0 Å². The van der Waals surface area contributed by atoms with Crippen LogP contribution in [0, 0.1) is 17.3 Å². The summed E-state index contributed by atoms with van der Waals surface area (Å²) in [6, 6.07) is 0. The molecule has 2 unspecified atom stereocenters. The van der Waals surface area contributed by atoms with Gasteiger partial charge in [0.05, 0.1) is 12.5 Å². The molecule has 0 bridgehead atoms. The third kappa shape index (κ3) is 1.58. The maximum atomic E-state index is 12.6. The molecular weight excluding hydrogens is 256 g/mol. The van der Waals surface area contributed by atoms with Gasteiger partial charge in [-0.2, -0.15) is 0 Å². The third-order valence-electron chi connectivity index (χ3n) is 6.19. The van der Waals surface area contributed by atoms with E-state index in [1.165, 1.54) is 39.2 Å². The van der Waals surface area contributed by atoms with Crippen molar-refractivity contribution >= 4 is 5.97 Å². The van der Waals surface area contributed by atoms with Crippen LogP contribution in [0.25, 0.3) is 0 Å². The lowest BCUT2D eigenvalue weighted by atomic mass is 9.61. The fourth-order valence-electron chi connectivity index (χ4n) is 4.86. The molecule has 112 valence electrons. The van der Waals surface area contributed by atoms with Crippen LogP contribution in [0.5, 0.6) is 0 Å². The van der Waals surface area contributed by atoms with Crippen LogP contribution < -0.4 is 0 Å². The Kier molecular flexibility index (Phi) is 2.60. The van der Waals surface area contributed by atoms with Crippen LogP contribution in [0.4, 0.5) is 0 Å². The zero-order valence-corrected chi connectivity index (χ0v) is 12.4. The van der Waals surface area contributed by atoms with Crippen molar-refractivity contribution in [1.29, 1.82) is 0 Å². The topological polar surface area (TPSA) is 51.4 Å². The molecule has 4 aliphatic rings. The third-order valence-corrected chi connectivity index (χ3v) is 6.19. The van der Waals surface area contributed by atoms with E-state index in [0.717, 1.165) is 12.8 Å². The smallest absolute Gasteiger partial charge is 0.312 e. The number of ether oxygens (including phenoxy) is 3. The van der Waals surface area contributed by atoms with Crippen LogP contribution in [0.3, 0.4) is 0 Å². The number of rotatable bonds is 3. The number of carbonyl (C=O) groups is 1. The van der Waals surface area contributed by atoms with Gasteiger partial charge in [-0.25, -0.2) is 0 Å². The number of esters is 1. The van der Waals surface area contributed by atoms with Gasteiger partial charge >= 0.3 is 5.97 Å². The summed E-state index contributed by atoms with van der Waals surface area (Å²) < 4.78 is 16.6. The van der Waals surface area contributed by atoms with Gasteiger partial charge in [-0.3, -0.25) is 4.79 Å². The summed E-state index contributed by atoms with van der Waals surface area (Å²) in [5.74, 6) is 0.157. The van der Waals surface area contributed by atoms with Gasteiger partial charge in [-0.15, -0.1) is 0 Å². The van der Waals surface area contributed by atoms with E-state index in [1.54, 1.807) is 0 Å². The minimum absolute atomic E-state index is 0.0513. The van der Waals surface area contributed by atoms with E-state index in [0.29, 0.717) is 12.3 Å². The molecular formula is C16H24O4. The van der Waals surface area contributed by atoms with E-state index in [1.807, 2.05) is 0 Å². The molecule has 0 spiro atoms. The fraction of sp³-hybridized carbons (Fsp3) is 0.938. The Labute approximate surface area is 120 Å². The Bertz CT molecular complexity index is 434. The summed E-state index contributed by atoms with van der Waals surface area (Å²) in [5.41, 5.74) is -0.396. The monoisotopic (exact) mass is 280 g/mol. The minimum Gasteiger partial charge on any atom is -0.469 e. The molecule has 2 aliphatic heterocycles. The van der Waals surface area contributed by atoms with Crippen LogP contribution >= 0.6 is 0 Å². The normalized spacial score (nSPS) is 50.0. The molecule has 4 heteroatoms. The standard InChI is InChI=1S/C16H24O4/c1-11-8-15-16(19-15,20-15)10-14(11,13(17)18-2)9-12-6-4-3-5-7-12/h11-12H,3-10H2,1-2H3. The molecule has 0 aromatic heterocycles. The summed E-state index contributed by atoms with van der Waals surface area (Å²) >= 11 is 0. The average Bonchev–Trinajstić information content (AvgIpc) is 3.24. The first-order valence-electron chi connectivity index (χ1n) is 8.05. The second-order valence-electron chi connectivity index (χ2n) is 7.35. The molecule has 2 atom stereocenters. The molecule has 0 aromatic carbocycles. The van der Waals surface area contributed by atoms with Crippen molar-refractivity contribution < 1.29 is 19.0 Å². The van der Waals surface area contributed by atoms with E-state index >= 15 is 0 Å². The molecule has 4 rings (SSSR count). The Morgan fingerprint density at radius 2 is 1.90 bits per heavy atom. The van der Waals surface area contributed by atoms with Gasteiger partial charge in [0.25, 0.3) is 0 Å².